The molecule has 0 amide bonds. The first-order valence-electron chi connectivity index (χ1n) is 8.15. The summed E-state index contributed by atoms with van der Waals surface area (Å²) in [5.41, 5.74) is 3.67. The van der Waals surface area contributed by atoms with Gasteiger partial charge in [-0.3, -0.25) is 4.72 Å². The number of sulfonamides is 1. The van der Waals surface area contributed by atoms with E-state index in [2.05, 4.69) is 15.8 Å². The maximum Gasteiger partial charge on any atom is 0.261 e. The zero-order chi connectivity index (χ0) is 18.7. The van der Waals surface area contributed by atoms with E-state index in [1.165, 1.54) is 18.3 Å². The molecular weight excluding hydrogens is 348 g/mol. The molecule has 0 fully saturated rings. The highest BCUT2D eigenvalue weighted by molar-refractivity contribution is 7.92. The molecule has 0 unspecified atom stereocenters. The predicted molar refractivity (Wildman–Crippen MR) is 102 cm³/mol. The van der Waals surface area contributed by atoms with E-state index in [1.807, 2.05) is 26.8 Å². The summed E-state index contributed by atoms with van der Waals surface area (Å²) < 4.78 is 33.0. The number of pyridine rings is 1. The van der Waals surface area contributed by atoms with E-state index in [-0.39, 0.29) is 4.90 Å². The molecule has 6 heteroatoms. The molecule has 3 rings (SSSR count). The zero-order valence-corrected chi connectivity index (χ0v) is 15.7. The van der Waals surface area contributed by atoms with E-state index >= 15 is 0 Å². The summed E-state index contributed by atoms with van der Waals surface area (Å²) in [7, 11) is -3.63. The normalized spacial score (nSPS) is 11.2. The van der Waals surface area contributed by atoms with Gasteiger partial charge in [-0.25, -0.2) is 13.4 Å². The molecule has 0 saturated carbocycles. The molecule has 26 heavy (non-hydrogen) atoms. The van der Waals surface area contributed by atoms with Crippen LogP contribution in [-0.4, -0.2) is 13.4 Å². The van der Waals surface area contributed by atoms with Gasteiger partial charge in [0.15, 0.2) is 0 Å². The molecule has 3 aromatic rings. The van der Waals surface area contributed by atoms with Crippen molar-refractivity contribution in [1.82, 2.24) is 4.98 Å². The minimum absolute atomic E-state index is 0.200. The van der Waals surface area contributed by atoms with E-state index in [1.54, 1.807) is 30.3 Å². The number of aromatic nitrogens is 1. The summed E-state index contributed by atoms with van der Waals surface area (Å²) in [4.78, 5) is 4.40. The summed E-state index contributed by atoms with van der Waals surface area (Å²) in [5.74, 6) is 1.15. The number of anilines is 1. The number of hydrogen-bond donors (Lipinski definition) is 1. The van der Waals surface area contributed by atoms with E-state index in [4.69, 9.17) is 4.74 Å². The van der Waals surface area contributed by atoms with Crippen LogP contribution in [0.15, 0.2) is 65.7 Å². The Bertz CT molecular complexity index is 1010. The minimum atomic E-state index is -3.63. The summed E-state index contributed by atoms with van der Waals surface area (Å²) >= 11 is 0. The first kappa shape index (κ1) is 17.9. The van der Waals surface area contributed by atoms with Crippen LogP contribution in [0, 0.1) is 20.8 Å². The lowest BCUT2D eigenvalue weighted by Crippen LogP contribution is -2.12. The van der Waals surface area contributed by atoms with Crippen LogP contribution in [0.5, 0.6) is 11.6 Å². The fourth-order valence-electron chi connectivity index (χ4n) is 2.53. The van der Waals surface area contributed by atoms with Crippen LogP contribution in [0.25, 0.3) is 0 Å². The number of ether oxygens (including phenoxy) is 1. The summed E-state index contributed by atoms with van der Waals surface area (Å²) in [6, 6.07) is 15.5. The molecule has 0 atom stereocenters. The Morgan fingerprint density at radius 1 is 0.962 bits per heavy atom. The van der Waals surface area contributed by atoms with Gasteiger partial charge < -0.3 is 4.74 Å². The Hall–Kier alpha value is -2.86. The molecule has 5 nitrogen and oxygen atoms in total. The van der Waals surface area contributed by atoms with Gasteiger partial charge in [0, 0.05) is 6.07 Å². The third-order valence-electron chi connectivity index (χ3n) is 4.02. The van der Waals surface area contributed by atoms with Crippen molar-refractivity contribution in [2.45, 2.75) is 25.7 Å². The van der Waals surface area contributed by atoms with E-state index in [0.29, 0.717) is 11.6 Å². The highest BCUT2D eigenvalue weighted by Gasteiger charge is 2.14. The van der Waals surface area contributed by atoms with Gasteiger partial charge in [-0.15, -0.1) is 0 Å². The number of rotatable bonds is 5. The highest BCUT2D eigenvalue weighted by Crippen LogP contribution is 2.28. The lowest BCUT2D eigenvalue weighted by Gasteiger charge is -2.12. The van der Waals surface area contributed by atoms with Crippen molar-refractivity contribution in [2.24, 2.45) is 0 Å². The fourth-order valence-corrected chi connectivity index (χ4v) is 3.60. The van der Waals surface area contributed by atoms with Crippen molar-refractivity contribution in [2.75, 3.05) is 4.72 Å². The van der Waals surface area contributed by atoms with Crippen LogP contribution in [0.3, 0.4) is 0 Å². The summed E-state index contributed by atoms with van der Waals surface area (Å²) in [5, 5.41) is 0. The molecule has 0 saturated heterocycles. The molecule has 0 bridgehead atoms. The minimum Gasteiger partial charge on any atom is -0.439 e. The molecule has 1 heterocycles. The van der Waals surface area contributed by atoms with Gasteiger partial charge in [-0.2, -0.15) is 0 Å². The number of nitrogens with zero attached hydrogens (tertiary/aromatic N) is 1. The van der Waals surface area contributed by atoms with Crippen LogP contribution >= 0.6 is 0 Å². The van der Waals surface area contributed by atoms with Crippen LogP contribution in [0.1, 0.15) is 16.7 Å². The number of aryl methyl sites for hydroxylation is 2. The van der Waals surface area contributed by atoms with Crippen molar-refractivity contribution >= 4 is 15.7 Å². The second kappa shape index (κ2) is 7.17. The average Bonchev–Trinajstić information content (AvgIpc) is 2.61. The zero-order valence-electron chi connectivity index (χ0n) is 14.9. The van der Waals surface area contributed by atoms with E-state index < -0.39 is 10.0 Å². The topological polar surface area (TPSA) is 68.3 Å². The van der Waals surface area contributed by atoms with Crippen LogP contribution in [-0.2, 0) is 10.0 Å². The Kier molecular flexibility index (Phi) is 4.95. The summed E-state index contributed by atoms with van der Waals surface area (Å²) in [6.07, 6.45) is 1.44. The van der Waals surface area contributed by atoms with Crippen molar-refractivity contribution in [1.29, 1.82) is 0 Å². The lowest BCUT2D eigenvalue weighted by atomic mass is 10.1. The lowest BCUT2D eigenvalue weighted by molar-refractivity contribution is 0.459. The number of hydrogen-bond acceptors (Lipinski definition) is 4. The standard InChI is InChI=1S/C20H20N2O3S/c1-14-11-15(2)16(3)19(12-14)25-20-10-9-17(13-21-20)22-26(23,24)18-7-5-4-6-8-18/h4-13,22H,1-3H3. The molecule has 0 aliphatic rings. The Labute approximate surface area is 153 Å². The van der Waals surface area contributed by atoms with Crippen molar-refractivity contribution < 1.29 is 13.2 Å². The van der Waals surface area contributed by atoms with E-state index in [0.717, 1.165) is 22.4 Å². The van der Waals surface area contributed by atoms with Gasteiger partial charge in [-0.05, 0) is 61.7 Å². The fraction of sp³-hybridized carbons (Fsp3) is 0.150. The third-order valence-corrected chi connectivity index (χ3v) is 5.42. The van der Waals surface area contributed by atoms with Gasteiger partial charge >= 0.3 is 0 Å². The molecule has 0 aliphatic carbocycles. The molecule has 134 valence electrons. The first-order valence-corrected chi connectivity index (χ1v) is 9.63. The molecular formula is C20H20N2O3S. The van der Waals surface area contributed by atoms with Crippen molar-refractivity contribution in [3.8, 4) is 11.6 Å². The van der Waals surface area contributed by atoms with Crippen molar-refractivity contribution in [3.63, 3.8) is 0 Å². The number of nitrogens with one attached hydrogen (secondary N) is 1. The second-order valence-electron chi connectivity index (χ2n) is 6.11. The van der Waals surface area contributed by atoms with Crippen LogP contribution in [0.4, 0.5) is 5.69 Å². The van der Waals surface area contributed by atoms with Crippen molar-refractivity contribution in [3.05, 3.63) is 77.5 Å². The quantitative estimate of drug-likeness (QED) is 0.715. The predicted octanol–water partition coefficient (Wildman–Crippen LogP) is 4.60. The third kappa shape index (κ3) is 4.03. The molecule has 1 N–H and O–H groups in total. The Balaban J connectivity index is 1.77. The highest BCUT2D eigenvalue weighted by atomic mass is 32.2. The SMILES string of the molecule is Cc1cc(C)c(C)c(Oc2ccc(NS(=O)(=O)c3ccccc3)cn2)c1. The molecule has 2 aromatic carbocycles. The smallest absolute Gasteiger partial charge is 0.261 e. The maximum atomic E-state index is 12.3. The molecule has 0 aliphatic heterocycles. The largest absolute Gasteiger partial charge is 0.439 e. The van der Waals surface area contributed by atoms with Crippen LogP contribution < -0.4 is 9.46 Å². The maximum absolute atomic E-state index is 12.3. The van der Waals surface area contributed by atoms with Crippen LogP contribution in [0.2, 0.25) is 0 Å². The van der Waals surface area contributed by atoms with Gasteiger partial charge in [0.2, 0.25) is 5.88 Å². The van der Waals surface area contributed by atoms with Gasteiger partial charge in [0.25, 0.3) is 10.0 Å². The molecule has 0 radical (unpaired) electrons. The van der Waals surface area contributed by atoms with Gasteiger partial charge in [0.05, 0.1) is 16.8 Å². The van der Waals surface area contributed by atoms with Gasteiger partial charge in [0.1, 0.15) is 5.75 Å². The molecule has 0 spiro atoms. The average molecular weight is 368 g/mol. The first-order chi connectivity index (χ1) is 12.3. The Morgan fingerprint density at radius 2 is 1.69 bits per heavy atom. The summed E-state index contributed by atoms with van der Waals surface area (Å²) in [6.45, 7) is 6.03. The Morgan fingerprint density at radius 3 is 2.35 bits per heavy atom. The van der Waals surface area contributed by atoms with Gasteiger partial charge in [-0.1, -0.05) is 24.3 Å². The monoisotopic (exact) mass is 368 g/mol. The molecule has 1 aromatic heterocycles. The van der Waals surface area contributed by atoms with E-state index in [9.17, 15) is 8.42 Å². The second-order valence-corrected chi connectivity index (χ2v) is 7.79. The number of benzene rings is 2.